The van der Waals surface area contributed by atoms with Crippen LogP contribution in [-0.2, 0) is 0 Å². The predicted molar refractivity (Wildman–Crippen MR) is 55.2 cm³/mol. The minimum Gasteiger partial charge on any atom is -0.346 e. The molecule has 1 amide bonds. The van der Waals surface area contributed by atoms with Crippen molar-refractivity contribution in [2.45, 2.75) is 26.8 Å². The van der Waals surface area contributed by atoms with E-state index in [1.807, 2.05) is 13.8 Å². The van der Waals surface area contributed by atoms with E-state index in [1.165, 1.54) is 0 Å². The molecule has 0 aromatic carbocycles. The summed E-state index contributed by atoms with van der Waals surface area (Å²) in [4.78, 5) is 11.7. The first-order valence-electron chi connectivity index (χ1n) is 4.51. The number of carbonyl (C=O) groups excluding carboxylic acids is 1. The van der Waals surface area contributed by atoms with Gasteiger partial charge in [-0.15, -0.1) is 6.58 Å². The van der Waals surface area contributed by atoms with Crippen LogP contribution in [0.1, 0.15) is 28.7 Å². The highest BCUT2D eigenvalue weighted by Crippen LogP contribution is 2.08. The fourth-order valence-corrected chi connectivity index (χ4v) is 1.22. The van der Waals surface area contributed by atoms with Crippen molar-refractivity contribution in [1.29, 1.82) is 0 Å². The Labute approximate surface area is 83.4 Å². The van der Waals surface area contributed by atoms with Crippen LogP contribution in [0.25, 0.3) is 0 Å². The van der Waals surface area contributed by atoms with Gasteiger partial charge in [-0.25, -0.2) is 0 Å². The van der Waals surface area contributed by atoms with Gasteiger partial charge in [0.1, 0.15) is 0 Å². The normalized spacial score (nSPS) is 12.2. The predicted octanol–water partition coefficient (Wildman–Crippen LogP) is 1.33. The average Bonchev–Trinajstić information content (AvgIpc) is 2.46. The molecule has 0 aliphatic carbocycles. The second kappa shape index (κ2) is 4.09. The van der Waals surface area contributed by atoms with Crippen LogP contribution in [0.5, 0.6) is 0 Å². The molecule has 1 aromatic heterocycles. The van der Waals surface area contributed by atoms with Gasteiger partial charge in [-0.1, -0.05) is 6.08 Å². The maximum Gasteiger partial charge on any atom is 0.255 e. The van der Waals surface area contributed by atoms with Crippen molar-refractivity contribution < 1.29 is 4.79 Å². The van der Waals surface area contributed by atoms with Crippen LogP contribution < -0.4 is 5.32 Å². The van der Waals surface area contributed by atoms with Gasteiger partial charge in [0.05, 0.1) is 11.3 Å². The van der Waals surface area contributed by atoms with E-state index in [4.69, 9.17) is 0 Å². The van der Waals surface area contributed by atoms with Crippen LogP contribution in [0.2, 0.25) is 0 Å². The summed E-state index contributed by atoms with van der Waals surface area (Å²) < 4.78 is 0. The van der Waals surface area contributed by atoms with Crippen molar-refractivity contribution in [2.75, 3.05) is 0 Å². The number of carbonyl (C=O) groups is 1. The first kappa shape index (κ1) is 10.5. The lowest BCUT2D eigenvalue weighted by molar-refractivity contribution is 0.0946. The van der Waals surface area contributed by atoms with Gasteiger partial charge in [-0.3, -0.25) is 9.89 Å². The number of nitrogens with one attached hydrogen (secondary N) is 2. The molecule has 1 atom stereocenters. The number of aryl methyl sites for hydroxylation is 2. The zero-order valence-electron chi connectivity index (χ0n) is 8.72. The zero-order chi connectivity index (χ0) is 10.7. The number of rotatable bonds is 3. The number of aromatic amines is 1. The van der Waals surface area contributed by atoms with Crippen LogP contribution in [-0.4, -0.2) is 22.1 Å². The summed E-state index contributed by atoms with van der Waals surface area (Å²) in [6.45, 7) is 9.10. The second-order valence-electron chi connectivity index (χ2n) is 3.31. The first-order chi connectivity index (χ1) is 6.56. The molecule has 0 radical (unpaired) electrons. The van der Waals surface area contributed by atoms with Crippen molar-refractivity contribution in [3.05, 3.63) is 29.6 Å². The maximum atomic E-state index is 11.7. The molecule has 0 aliphatic rings. The van der Waals surface area contributed by atoms with Crippen molar-refractivity contribution in [1.82, 2.24) is 15.5 Å². The highest BCUT2D eigenvalue weighted by atomic mass is 16.1. The summed E-state index contributed by atoms with van der Waals surface area (Å²) in [5.74, 6) is -0.110. The molecule has 1 heterocycles. The lowest BCUT2D eigenvalue weighted by Crippen LogP contribution is -2.31. The number of nitrogens with zero attached hydrogens (tertiary/aromatic N) is 1. The molecule has 4 heteroatoms. The summed E-state index contributed by atoms with van der Waals surface area (Å²) in [6, 6.07) is -0.0313. The average molecular weight is 193 g/mol. The minimum atomic E-state index is -0.110. The molecule has 1 rings (SSSR count). The molecular weight excluding hydrogens is 178 g/mol. The molecule has 76 valence electrons. The summed E-state index contributed by atoms with van der Waals surface area (Å²) >= 11 is 0. The molecule has 0 bridgehead atoms. The molecule has 0 saturated carbocycles. The van der Waals surface area contributed by atoms with Crippen LogP contribution in [0.4, 0.5) is 0 Å². The summed E-state index contributed by atoms with van der Waals surface area (Å²) in [5, 5.41) is 9.53. The minimum absolute atomic E-state index is 0.0313. The van der Waals surface area contributed by atoms with Gasteiger partial charge in [0.25, 0.3) is 5.91 Å². The smallest absolute Gasteiger partial charge is 0.255 e. The molecule has 14 heavy (non-hydrogen) atoms. The molecule has 0 saturated heterocycles. The molecule has 2 N–H and O–H groups in total. The van der Waals surface area contributed by atoms with E-state index < -0.39 is 0 Å². The third-order valence-corrected chi connectivity index (χ3v) is 2.07. The van der Waals surface area contributed by atoms with Crippen molar-refractivity contribution in [3.63, 3.8) is 0 Å². The molecule has 1 unspecified atom stereocenters. The third kappa shape index (κ3) is 2.02. The van der Waals surface area contributed by atoms with Crippen LogP contribution in [0.3, 0.4) is 0 Å². The third-order valence-electron chi connectivity index (χ3n) is 2.07. The Bertz CT molecular complexity index is 335. The Morgan fingerprint density at radius 1 is 1.64 bits per heavy atom. The van der Waals surface area contributed by atoms with E-state index in [2.05, 4.69) is 22.1 Å². The molecule has 4 nitrogen and oxygen atoms in total. The number of aromatic nitrogens is 2. The van der Waals surface area contributed by atoms with E-state index in [0.717, 1.165) is 11.4 Å². The van der Waals surface area contributed by atoms with Gasteiger partial charge in [0, 0.05) is 11.7 Å². The lowest BCUT2D eigenvalue weighted by Gasteiger charge is -2.08. The number of H-pyrrole nitrogens is 1. The van der Waals surface area contributed by atoms with Gasteiger partial charge in [0.2, 0.25) is 0 Å². The quantitative estimate of drug-likeness (QED) is 0.711. The van der Waals surface area contributed by atoms with E-state index in [1.54, 1.807) is 13.0 Å². The molecule has 1 aromatic rings. The van der Waals surface area contributed by atoms with Crippen molar-refractivity contribution in [3.8, 4) is 0 Å². The molecule has 0 spiro atoms. The summed E-state index contributed by atoms with van der Waals surface area (Å²) in [6.07, 6.45) is 1.68. The van der Waals surface area contributed by atoms with E-state index >= 15 is 0 Å². The SMILES string of the molecule is C=CC(C)NC(=O)c1c(C)n[nH]c1C. The van der Waals surface area contributed by atoms with Gasteiger partial charge < -0.3 is 5.32 Å². The largest absolute Gasteiger partial charge is 0.346 e. The Morgan fingerprint density at radius 2 is 2.29 bits per heavy atom. The van der Waals surface area contributed by atoms with Crippen molar-refractivity contribution >= 4 is 5.91 Å². The van der Waals surface area contributed by atoms with Crippen LogP contribution >= 0.6 is 0 Å². The Hall–Kier alpha value is -1.58. The summed E-state index contributed by atoms with van der Waals surface area (Å²) in [7, 11) is 0. The molecular formula is C10H15N3O. The van der Waals surface area contributed by atoms with Gasteiger partial charge in [-0.05, 0) is 20.8 Å². The van der Waals surface area contributed by atoms with Gasteiger partial charge >= 0.3 is 0 Å². The van der Waals surface area contributed by atoms with Crippen LogP contribution in [0.15, 0.2) is 12.7 Å². The lowest BCUT2D eigenvalue weighted by atomic mass is 10.2. The fraction of sp³-hybridized carbons (Fsp3) is 0.400. The number of hydrogen-bond donors (Lipinski definition) is 2. The van der Waals surface area contributed by atoms with E-state index in [0.29, 0.717) is 5.56 Å². The van der Waals surface area contributed by atoms with Crippen molar-refractivity contribution in [2.24, 2.45) is 0 Å². The Balaban J connectivity index is 2.84. The van der Waals surface area contributed by atoms with Gasteiger partial charge in [0.15, 0.2) is 0 Å². The monoisotopic (exact) mass is 193 g/mol. The van der Waals surface area contributed by atoms with Gasteiger partial charge in [-0.2, -0.15) is 5.10 Å². The fourth-order valence-electron chi connectivity index (χ4n) is 1.22. The maximum absolute atomic E-state index is 11.7. The topological polar surface area (TPSA) is 57.8 Å². The van der Waals surface area contributed by atoms with Crippen LogP contribution in [0, 0.1) is 13.8 Å². The molecule has 0 aliphatic heterocycles. The number of hydrogen-bond acceptors (Lipinski definition) is 2. The summed E-state index contributed by atoms with van der Waals surface area (Å²) in [5.41, 5.74) is 2.13. The van der Waals surface area contributed by atoms with E-state index in [-0.39, 0.29) is 11.9 Å². The Morgan fingerprint density at radius 3 is 2.71 bits per heavy atom. The first-order valence-corrected chi connectivity index (χ1v) is 4.51. The Kier molecular flexibility index (Phi) is 3.06. The standard InChI is InChI=1S/C10H15N3O/c1-5-6(2)11-10(14)9-7(3)12-13-8(9)4/h5-6H,1H2,2-4H3,(H,11,14)(H,12,13). The highest BCUT2D eigenvalue weighted by Gasteiger charge is 2.15. The second-order valence-corrected chi connectivity index (χ2v) is 3.31. The zero-order valence-corrected chi connectivity index (χ0v) is 8.72. The number of amides is 1. The van der Waals surface area contributed by atoms with E-state index in [9.17, 15) is 4.79 Å². The molecule has 0 fully saturated rings. The highest BCUT2D eigenvalue weighted by molar-refractivity contribution is 5.96.